The number of anilines is 1. The summed E-state index contributed by atoms with van der Waals surface area (Å²) in [6.45, 7) is 10.4. The predicted octanol–water partition coefficient (Wildman–Crippen LogP) is 10.1. The van der Waals surface area contributed by atoms with Crippen LogP contribution in [0, 0.1) is 0 Å². The van der Waals surface area contributed by atoms with Gasteiger partial charge in [0.25, 0.3) is 0 Å². The third-order valence-electron chi connectivity index (χ3n) is 6.13. The highest BCUT2D eigenvalue weighted by Gasteiger charge is 2.24. The van der Waals surface area contributed by atoms with E-state index in [1.807, 2.05) is 26.8 Å². The fourth-order valence-electron chi connectivity index (χ4n) is 4.11. The van der Waals surface area contributed by atoms with Crippen LogP contribution < -0.4 is 5.32 Å². The largest absolute Gasteiger partial charge is 0.456 e. The van der Waals surface area contributed by atoms with Crippen LogP contribution in [0.3, 0.4) is 0 Å². The number of thiophene rings is 1. The van der Waals surface area contributed by atoms with Crippen LogP contribution in [0.4, 0.5) is 9.80 Å². The zero-order valence-corrected chi connectivity index (χ0v) is 24.7. The number of carbonyl (C=O) groups excluding carboxylic acids is 2. The molecule has 0 bridgehead atoms. The molecular weight excluding hydrogens is 470 g/mol. The van der Waals surface area contributed by atoms with Crippen molar-refractivity contribution in [2.24, 2.45) is 0 Å². The summed E-state index contributed by atoms with van der Waals surface area (Å²) in [6.07, 6.45) is 20.1. The van der Waals surface area contributed by atoms with Crippen molar-refractivity contribution in [2.75, 3.05) is 11.9 Å². The Bertz CT molecular complexity index is 723. The summed E-state index contributed by atoms with van der Waals surface area (Å²) in [4.78, 5) is 26.3. The van der Waals surface area contributed by atoms with Crippen LogP contribution >= 0.6 is 11.3 Å². The molecule has 0 fully saturated rings. The average Bonchev–Trinajstić information content (AvgIpc) is 3.21. The van der Waals surface area contributed by atoms with Gasteiger partial charge >= 0.3 is 12.1 Å². The maximum Gasteiger partial charge on any atom is 0.412 e. The molecule has 0 aliphatic rings. The standard InChI is InChI=1S/C30H53NO4S/c1-6-8-10-12-14-15-16-17-19-21-23-34-29(33)31-27-26(28(32)35-30(3,4)5)24-25(36-27)22-20-18-13-11-9-7-2/h24H,6-23H2,1-5H3,(H,31,33). The van der Waals surface area contributed by atoms with Gasteiger partial charge < -0.3 is 9.47 Å². The third-order valence-corrected chi connectivity index (χ3v) is 7.24. The van der Waals surface area contributed by atoms with Crippen LogP contribution in [0.25, 0.3) is 0 Å². The number of hydrogen-bond donors (Lipinski definition) is 1. The Kier molecular flexibility index (Phi) is 17.6. The van der Waals surface area contributed by atoms with Crippen LogP contribution in [-0.2, 0) is 15.9 Å². The van der Waals surface area contributed by atoms with Gasteiger partial charge in [-0.3, -0.25) is 5.32 Å². The van der Waals surface area contributed by atoms with E-state index in [4.69, 9.17) is 9.47 Å². The second-order valence-electron chi connectivity index (χ2n) is 10.9. The minimum Gasteiger partial charge on any atom is -0.456 e. The fourth-order valence-corrected chi connectivity index (χ4v) is 5.18. The molecule has 6 heteroatoms. The van der Waals surface area contributed by atoms with Crippen LogP contribution in [0.1, 0.15) is 153 Å². The molecule has 1 rings (SSSR count). The smallest absolute Gasteiger partial charge is 0.412 e. The average molecular weight is 524 g/mol. The quantitative estimate of drug-likeness (QED) is 0.136. The highest BCUT2D eigenvalue weighted by atomic mass is 32.1. The molecule has 1 aromatic heterocycles. The maximum atomic E-state index is 12.8. The molecule has 208 valence electrons. The van der Waals surface area contributed by atoms with Gasteiger partial charge in [-0.25, -0.2) is 9.59 Å². The first-order valence-corrected chi connectivity index (χ1v) is 15.4. The molecular formula is C30H53NO4S. The van der Waals surface area contributed by atoms with Gasteiger partial charge in [0, 0.05) is 4.88 Å². The number of esters is 1. The van der Waals surface area contributed by atoms with Crippen molar-refractivity contribution in [2.45, 2.75) is 149 Å². The number of amides is 1. The van der Waals surface area contributed by atoms with Gasteiger partial charge in [0.05, 0.1) is 12.2 Å². The molecule has 5 nitrogen and oxygen atoms in total. The Balaban J connectivity index is 2.44. The first-order chi connectivity index (χ1) is 17.3. The van der Waals surface area contributed by atoms with E-state index < -0.39 is 17.7 Å². The second-order valence-corrected chi connectivity index (χ2v) is 12.1. The van der Waals surface area contributed by atoms with Crippen molar-refractivity contribution in [1.29, 1.82) is 0 Å². The lowest BCUT2D eigenvalue weighted by Crippen LogP contribution is -2.24. The van der Waals surface area contributed by atoms with E-state index in [1.165, 1.54) is 94.8 Å². The van der Waals surface area contributed by atoms with E-state index in [9.17, 15) is 9.59 Å². The molecule has 0 spiro atoms. The Morgan fingerprint density at radius 3 is 1.81 bits per heavy atom. The number of carbonyl (C=O) groups is 2. The molecule has 0 saturated carbocycles. The maximum absolute atomic E-state index is 12.8. The van der Waals surface area contributed by atoms with E-state index in [0.717, 1.165) is 30.6 Å². The first-order valence-electron chi connectivity index (χ1n) is 14.6. The predicted molar refractivity (Wildman–Crippen MR) is 153 cm³/mol. The van der Waals surface area contributed by atoms with Crippen molar-refractivity contribution in [3.63, 3.8) is 0 Å². The molecule has 0 aromatic carbocycles. The zero-order valence-electron chi connectivity index (χ0n) is 23.8. The summed E-state index contributed by atoms with van der Waals surface area (Å²) in [5.41, 5.74) is -0.169. The molecule has 0 radical (unpaired) electrons. The summed E-state index contributed by atoms with van der Waals surface area (Å²) in [5.74, 6) is -0.405. The molecule has 36 heavy (non-hydrogen) atoms. The molecule has 0 aliphatic carbocycles. The number of nitrogens with one attached hydrogen (secondary N) is 1. The summed E-state index contributed by atoms with van der Waals surface area (Å²) in [6, 6.07) is 1.88. The minimum absolute atomic E-state index is 0.403. The van der Waals surface area contributed by atoms with E-state index in [0.29, 0.717) is 17.2 Å². The summed E-state index contributed by atoms with van der Waals surface area (Å²) >= 11 is 1.46. The lowest BCUT2D eigenvalue weighted by Gasteiger charge is -2.19. The van der Waals surface area contributed by atoms with Gasteiger partial charge in [-0.1, -0.05) is 104 Å². The SMILES string of the molecule is CCCCCCCCCCCCOC(=O)Nc1sc(CCCCCCCC)cc1C(=O)OC(C)(C)C. The number of ether oxygens (including phenoxy) is 2. The normalized spacial score (nSPS) is 11.5. The van der Waals surface area contributed by atoms with Crippen molar-refractivity contribution in [1.82, 2.24) is 0 Å². The van der Waals surface area contributed by atoms with E-state index >= 15 is 0 Å². The molecule has 0 saturated heterocycles. The summed E-state index contributed by atoms with van der Waals surface area (Å²) < 4.78 is 11.0. The monoisotopic (exact) mass is 523 g/mol. The van der Waals surface area contributed by atoms with Gasteiger partial charge in [0.15, 0.2) is 0 Å². The zero-order chi connectivity index (χ0) is 26.7. The topological polar surface area (TPSA) is 64.6 Å². The van der Waals surface area contributed by atoms with Gasteiger partial charge in [0.1, 0.15) is 10.6 Å². The van der Waals surface area contributed by atoms with Crippen molar-refractivity contribution in [3.8, 4) is 0 Å². The van der Waals surface area contributed by atoms with Crippen molar-refractivity contribution < 1.29 is 19.1 Å². The number of hydrogen-bond acceptors (Lipinski definition) is 5. The van der Waals surface area contributed by atoms with Gasteiger partial charge in [-0.05, 0) is 46.1 Å². The molecule has 0 aliphatic heterocycles. The Labute approximate surface area is 225 Å². The van der Waals surface area contributed by atoms with Crippen LogP contribution in [0.5, 0.6) is 0 Å². The van der Waals surface area contributed by atoms with Gasteiger partial charge in [0.2, 0.25) is 0 Å². The summed E-state index contributed by atoms with van der Waals surface area (Å²) in [5, 5.41) is 3.33. The van der Waals surface area contributed by atoms with Crippen molar-refractivity contribution >= 4 is 28.4 Å². The van der Waals surface area contributed by atoms with E-state index in [1.54, 1.807) is 0 Å². The molecule has 1 heterocycles. The number of rotatable bonds is 20. The minimum atomic E-state index is -0.592. The Morgan fingerprint density at radius 1 is 0.778 bits per heavy atom. The fraction of sp³-hybridized carbons (Fsp3) is 0.800. The van der Waals surface area contributed by atoms with Crippen LogP contribution in [-0.4, -0.2) is 24.3 Å². The number of aryl methyl sites for hydroxylation is 1. The molecule has 0 atom stereocenters. The van der Waals surface area contributed by atoms with Crippen LogP contribution in [0.2, 0.25) is 0 Å². The van der Waals surface area contributed by atoms with Crippen molar-refractivity contribution in [3.05, 3.63) is 16.5 Å². The molecule has 1 N–H and O–H groups in total. The molecule has 0 unspecified atom stereocenters. The first kappa shape index (κ1) is 32.5. The van der Waals surface area contributed by atoms with Gasteiger partial charge in [-0.2, -0.15) is 0 Å². The molecule has 1 aromatic rings. The highest BCUT2D eigenvalue weighted by Crippen LogP contribution is 2.31. The Morgan fingerprint density at radius 2 is 1.28 bits per heavy atom. The van der Waals surface area contributed by atoms with Gasteiger partial charge in [-0.15, -0.1) is 11.3 Å². The Hall–Kier alpha value is -1.56. The third kappa shape index (κ3) is 16.2. The second kappa shape index (κ2) is 19.5. The molecule has 1 amide bonds. The van der Waals surface area contributed by atoms with E-state index in [2.05, 4.69) is 19.2 Å². The highest BCUT2D eigenvalue weighted by molar-refractivity contribution is 7.16. The van der Waals surface area contributed by atoms with E-state index in [-0.39, 0.29) is 0 Å². The summed E-state index contributed by atoms with van der Waals surface area (Å²) in [7, 11) is 0. The van der Waals surface area contributed by atoms with Crippen LogP contribution in [0.15, 0.2) is 6.07 Å². The number of unbranched alkanes of at least 4 members (excludes halogenated alkanes) is 14. The lowest BCUT2D eigenvalue weighted by atomic mass is 10.1. The lowest BCUT2D eigenvalue weighted by molar-refractivity contribution is 0.00712.